The molecule has 2 amide bonds. The van der Waals surface area contributed by atoms with Gasteiger partial charge in [-0.2, -0.15) is 0 Å². The molecule has 158 valence electrons. The molecule has 1 aromatic rings. The summed E-state index contributed by atoms with van der Waals surface area (Å²) >= 11 is 0. The maximum absolute atomic E-state index is 12.5. The second kappa shape index (κ2) is 8.14. The van der Waals surface area contributed by atoms with Crippen molar-refractivity contribution in [3.05, 3.63) is 29.3 Å². The molecular weight excluding hydrogens is 396 g/mol. The lowest BCUT2D eigenvalue weighted by Gasteiger charge is -2.21. The van der Waals surface area contributed by atoms with Gasteiger partial charge in [0.15, 0.2) is 15.9 Å². The highest BCUT2D eigenvalue weighted by Gasteiger charge is 2.38. The first kappa shape index (κ1) is 21.3. The standard InChI is InChI=1S/C20H26N2O6S/c1-12-5-4-6-17(13(12)2)22-10-15(9-18(22)23)20(25)28-14(3)19(24)21-16-7-8-29(26,27)11-16/h4-6,14-16H,7-11H2,1-3H3,(H,21,24)/t14-,15+,16+/m0/s1. The van der Waals surface area contributed by atoms with Crippen molar-refractivity contribution >= 4 is 33.3 Å². The molecule has 2 aliphatic rings. The van der Waals surface area contributed by atoms with E-state index in [1.54, 1.807) is 4.90 Å². The van der Waals surface area contributed by atoms with Crippen molar-refractivity contribution in [2.24, 2.45) is 5.92 Å². The van der Waals surface area contributed by atoms with Crippen LogP contribution < -0.4 is 10.2 Å². The quantitative estimate of drug-likeness (QED) is 0.706. The van der Waals surface area contributed by atoms with Crippen molar-refractivity contribution in [2.45, 2.75) is 45.8 Å². The third kappa shape index (κ3) is 4.77. The van der Waals surface area contributed by atoms with Crippen LogP contribution in [-0.2, 0) is 29.0 Å². The van der Waals surface area contributed by atoms with Gasteiger partial charge in [-0.15, -0.1) is 0 Å². The lowest BCUT2D eigenvalue weighted by atomic mass is 10.1. The van der Waals surface area contributed by atoms with Crippen molar-refractivity contribution in [2.75, 3.05) is 23.0 Å². The van der Waals surface area contributed by atoms with Gasteiger partial charge >= 0.3 is 5.97 Å². The van der Waals surface area contributed by atoms with Gasteiger partial charge in [0.05, 0.1) is 17.4 Å². The van der Waals surface area contributed by atoms with Gasteiger partial charge in [-0.1, -0.05) is 12.1 Å². The van der Waals surface area contributed by atoms with Gasteiger partial charge in [-0.25, -0.2) is 8.42 Å². The van der Waals surface area contributed by atoms with Crippen molar-refractivity contribution in [1.29, 1.82) is 0 Å². The number of ether oxygens (including phenoxy) is 1. The molecule has 3 atom stereocenters. The number of amides is 2. The number of nitrogens with zero attached hydrogens (tertiary/aromatic N) is 1. The first-order valence-electron chi connectivity index (χ1n) is 9.65. The zero-order chi connectivity index (χ0) is 21.3. The summed E-state index contributed by atoms with van der Waals surface area (Å²) in [5.74, 6) is -1.99. The molecule has 0 aromatic heterocycles. The first-order chi connectivity index (χ1) is 13.6. The Morgan fingerprint density at radius 2 is 2.00 bits per heavy atom. The highest BCUT2D eigenvalue weighted by molar-refractivity contribution is 7.91. The lowest BCUT2D eigenvalue weighted by Crippen LogP contribution is -2.43. The molecule has 1 aromatic carbocycles. The van der Waals surface area contributed by atoms with Crippen LogP contribution >= 0.6 is 0 Å². The minimum Gasteiger partial charge on any atom is -0.452 e. The highest BCUT2D eigenvalue weighted by Crippen LogP contribution is 2.30. The molecule has 0 radical (unpaired) electrons. The number of sulfone groups is 1. The summed E-state index contributed by atoms with van der Waals surface area (Å²) in [7, 11) is -3.11. The molecule has 2 fully saturated rings. The number of aryl methyl sites for hydroxylation is 1. The van der Waals surface area contributed by atoms with Gasteiger partial charge in [-0.05, 0) is 44.4 Å². The summed E-state index contributed by atoms with van der Waals surface area (Å²) in [4.78, 5) is 38.8. The van der Waals surface area contributed by atoms with Crippen LogP contribution in [0.5, 0.6) is 0 Å². The molecule has 2 aliphatic heterocycles. The molecular formula is C20H26N2O6S. The Balaban J connectivity index is 1.57. The van der Waals surface area contributed by atoms with Crippen molar-refractivity contribution < 1.29 is 27.5 Å². The van der Waals surface area contributed by atoms with Gasteiger partial charge in [0, 0.05) is 24.7 Å². The summed E-state index contributed by atoms with van der Waals surface area (Å²) in [6, 6.07) is 5.22. The van der Waals surface area contributed by atoms with E-state index in [1.165, 1.54) is 6.92 Å². The summed E-state index contributed by atoms with van der Waals surface area (Å²) in [5.41, 5.74) is 2.81. The van der Waals surface area contributed by atoms with Crippen LogP contribution in [0.1, 0.15) is 30.9 Å². The Kier molecular flexibility index (Phi) is 5.97. The van der Waals surface area contributed by atoms with Gasteiger partial charge < -0.3 is 15.0 Å². The van der Waals surface area contributed by atoms with Gasteiger partial charge in [0.25, 0.3) is 5.91 Å². The fourth-order valence-corrected chi connectivity index (χ4v) is 5.35. The number of esters is 1. The van der Waals surface area contributed by atoms with Crippen LogP contribution in [0, 0.1) is 19.8 Å². The molecule has 9 heteroatoms. The van der Waals surface area contributed by atoms with E-state index in [4.69, 9.17) is 4.74 Å². The van der Waals surface area contributed by atoms with E-state index in [-0.39, 0.29) is 30.4 Å². The number of benzene rings is 1. The predicted octanol–water partition coefficient (Wildman–Crippen LogP) is 0.891. The first-order valence-corrected chi connectivity index (χ1v) is 11.5. The smallest absolute Gasteiger partial charge is 0.312 e. The minimum atomic E-state index is -3.11. The van der Waals surface area contributed by atoms with E-state index >= 15 is 0 Å². The summed E-state index contributed by atoms with van der Waals surface area (Å²) in [5, 5.41) is 2.61. The SMILES string of the molecule is Cc1cccc(N2C[C@H](C(=O)O[C@@H](C)C(=O)N[C@@H]3CCS(=O)(=O)C3)CC2=O)c1C. The lowest BCUT2D eigenvalue weighted by molar-refractivity contribution is -0.158. The van der Waals surface area contributed by atoms with E-state index in [0.29, 0.717) is 6.42 Å². The third-order valence-electron chi connectivity index (χ3n) is 5.57. The second-order valence-corrected chi connectivity index (χ2v) is 10.0. The van der Waals surface area contributed by atoms with Gasteiger partial charge in [-0.3, -0.25) is 14.4 Å². The molecule has 2 saturated heterocycles. The summed E-state index contributed by atoms with van der Waals surface area (Å²) < 4.78 is 28.3. The van der Waals surface area contributed by atoms with E-state index in [9.17, 15) is 22.8 Å². The minimum absolute atomic E-state index is 0.0292. The zero-order valence-electron chi connectivity index (χ0n) is 16.8. The van der Waals surface area contributed by atoms with Crippen LogP contribution in [0.4, 0.5) is 5.69 Å². The fourth-order valence-electron chi connectivity index (χ4n) is 3.68. The van der Waals surface area contributed by atoms with Crippen molar-refractivity contribution in [1.82, 2.24) is 5.32 Å². The molecule has 0 spiro atoms. The Hall–Kier alpha value is -2.42. The molecule has 0 saturated carbocycles. The monoisotopic (exact) mass is 422 g/mol. The molecule has 0 aliphatic carbocycles. The number of carbonyl (C=O) groups is 3. The van der Waals surface area contributed by atoms with E-state index in [2.05, 4.69) is 5.32 Å². The average Bonchev–Trinajstić information content (AvgIpc) is 3.19. The van der Waals surface area contributed by atoms with E-state index in [1.807, 2.05) is 32.0 Å². The van der Waals surface area contributed by atoms with Crippen molar-refractivity contribution in [3.8, 4) is 0 Å². The Morgan fingerprint density at radius 3 is 2.66 bits per heavy atom. The normalized spacial score (nSPS) is 24.4. The van der Waals surface area contributed by atoms with Crippen LogP contribution in [0.25, 0.3) is 0 Å². The molecule has 0 unspecified atom stereocenters. The van der Waals surface area contributed by atoms with Crippen LogP contribution in [-0.4, -0.2) is 56.4 Å². The fraction of sp³-hybridized carbons (Fsp3) is 0.550. The molecule has 0 bridgehead atoms. The maximum atomic E-state index is 12.5. The van der Waals surface area contributed by atoms with Gasteiger partial charge in [0.2, 0.25) is 5.91 Å². The Bertz CT molecular complexity index is 942. The van der Waals surface area contributed by atoms with Crippen LogP contribution in [0.2, 0.25) is 0 Å². The number of hydrogen-bond donors (Lipinski definition) is 1. The highest BCUT2D eigenvalue weighted by atomic mass is 32.2. The Labute approximate surface area is 170 Å². The van der Waals surface area contributed by atoms with Crippen LogP contribution in [0.3, 0.4) is 0 Å². The van der Waals surface area contributed by atoms with Crippen LogP contribution in [0.15, 0.2) is 18.2 Å². The molecule has 2 heterocycles. The molecule has 8 nitrogen and oxygen atoms in total. The summed E-state index contributed by atoms with van der Waals surface area (Å²) in [6.07, 6.45) is -0.673. The molecule has 3 rings (SSSR count). The molecule has 29 heavy (non-hydrogen) atoms. The zero-order valence-corrected chi connectivity index (χ0v) is 17.6. The maximum Gasteiger partial charge on any atom is 0.312 e. The number of anilines is 1. The van der Waals surface area contributed by atoms with Crippen molar-refractivity contribution in [3.63, 3.8) is 0 Å². The number of carbonyl (C=O) groups excluding carboxylic acids is 3. The van der Waals surface area contributed by atoms with E-state index < -0.39 is 39.8 Å². The van der Waals surface area contributed by atoms with Gasteiger partial charge in [0.1, 0.15) is 0 Å². The molecule has 1 N–H and O–H groups in total. The number of rotatable bonds is 5. The largest absolute Gasteiger partial charge is 0.452 e. The predicted molar refractivity (Wildman–Crippen MR) is 107 cm³/mol. The number of hydrogen-bond acceptors (Lipinski definition) is 6. The second-order valence-electron chi connectivity index (χ2n) is 7.81. The number of nitrogens with one attached hydrogen (secondary N) is 1. The summed E-state index contributed by atoms with van der Waals surface area (Å²) in [6.45, 7) is 5.54. The van der Waals surface area contributed by atoms with E-state index in [0.717, 1.165) is 16.8 Å². The Morgan fingerprint density at radius 1 is 1.28 bits per heavy atom. The average molecular weight is 423 g/mol. The third-order valence-corrected chi connectivity index (χ3v) is 7.33. The topological polar surface area (TPSA) is 110 Å².